The molecule has 1 aliphatic heterocycles. The molecule has 2 heterocycles. The van der Waals surface area contributed by atoms with Gasteiger partial charge >= 0.3 is 42.8 Å². The first-order valence-corrected chi connectivity index (χ1v) is 24.6. The number of halogens is 8. The van der Waals surface area contributed by atoms with Crippen molar-refractivity contribution in [1.82, 2.24) is 4.98 Å². The molecule has 4 aliphatic carbocycles. The Morgan fingerprint density at radius 2 is 0.961 bits per heavy atom. The van der Waals surface area contributed by atoms with Crippen LogP contribution in [0.1, 0.15) is 128 Å². The number of rotatable bonds is 8. The van der Waals surface area contributed by atoms with Crippen LogP contribution in [0.25, 0.3) is 0 Å². The Bertz CT molecular complexity index is 2080. The highest BCUT2D eigenvalue weighted by atomic mass is 19.4. The van der Waals surface area contributed by atoms with Crippen LogP contribution in [-0.4, -0.2) is 120 Å². The van der Waals surface area contributed by atoms with Crippen molar-refractivity contribution in [3.05, 3.63) is 49.3 Å². The van der Waals surface area contributed by atoms with Crippen molar-refractivity contribution in [3.8, 4) is 0 Å². The first-order valence-electron chi connectivity index (χ1n) is 24.6. The van der Waals surface area contributed by atoms with Crippen LogP contribution in [0.15, 0.2) is 49.3 Å². The van der Waals surface area contributed by atoms with E-state index in [2.05, 4.69) is 22.9 Å². The van der Waals surface area contributed by atoms with Crippen molar-refractivity contribution < 1.29 is 102 Å². The number of carbonyl (C=O) groups excluding carboxylic acids is 5. The first-order chi connectivity index (χ1) is 34.5. The summed E-state index contributed by atoms with van der Waals surface area (Å²) in [6.45, 7) is 23.9. The Balaban J connectivity index is 0.000000354. The summed E-state index contributed by atoms with van der Waals surface area (Å²) in [5.74, 6) is -8.20. The standard InChI is InChI=1S/C18H24F4O5.C13H16F4O3.C10H18O5.C7H10N2.C4H8O/c1-9(19)14(23)25-13-8-10-6-11(13)7-12(10)17(5,18(20,21)22)27-15(24)26-16(2,3)4;1-6(14)11(18)20-10-5-7-3-8(10)4-9(7)12(2,19)13(15,16)17;1-9(2,3)14-7(11)13-8(12)15-10(4,5)6;1-9(2)7-3-5-8-6-4-7;1-2-4-5-3-1/h10-13H,1,6-8H2,2-5H3;7-10,19H,1,3-5H2,2H3;1-6H3;3-6H,1-2H3;1-4H2. The van der Waals surface area contributed by atoms with Crippen molar-refractivity contribution in [2.24, 2.45) is 35.5 Å². The minimum atomic E-state index is -4.81. The molecule has 6 rings (SSSR count). The number of alkyl halides is 6. The van der Waals surface area contributed by atoms with Crippen LogP contribution in [0, 0.1) is 35.5 Å². The first kappa shape index (κ1) is 66.9. The number of carbonyl (C=O) groups is 5. The minimum Gasteiger partial charge on any atom is -0.457 e. The fraction of sp³-hybridized carbons (Fsp3) is 0.731. The van der Waals surface area contributed by atoms with Crippen LogP contribution in [-0.2, 0) is 47.5 Å². The summed E-state index contributed by atoms with van der Waals surface area (Å²) in [5.41, 5.74) is -6.67. The molecular formula is C52H76F8N2O14. The van der Waals surface area contributed by atoms with Gasteiger partial charge in [-0.1, -0.05) is 13.2 Å². The van der Waals surface area contributed by atoms with E-state index in [1.165, 1.54) is 39.3 Å². The molecule has 5 fully saturated rings. The Kier molecular flexibility index (Phi) is 23.6. The lowest BCUT2D eigenvalue weighted by Crippen LogP contribution is -2.54. The van der Waals surface area contributed by atoms with Crippen molar-refractivity contribution in [1.29, 1.82) is 0 Å². The Hall–Kier alpha value is -5.26. The van der Waals surface area contributed by atoms with Gasteiger partial charge in [0.05, 0.1) is 0 Å². The van der Waals surface area contributed by atoms with Crippen LogP contribution in [0.4, 0.5) is 55.2 Å². The molecule has 1 saturated heterocycles. The summed E-state index contributed by atoms with van der Waals surface area (Å²) >= 11 is 0. The molecule has 1 aromatic rings. The zero-order valence-corrected chi connectivity index (χ0v) is 45.6. The number of pyridine rings is 1. The van der Waals surface area contributed by atoms with E-state index >= 15 is 0 Å². The summed E-state index contributed by atoms with van der Waals surface area (Å²) in [6, 6.07) is 3.94. The molecule has 4 saturated carbocycles. The van der Waals surface area contributed by atoms with Crippen molar-refractivity contribution in [3.63, 3.8) is 0 Å². The van der Waals surface area contributed by atoms with Gasteiger partial charge in [-0.25, -0.2) is 24.0 Å². The lowest BCUT2D eigenvalue weighted by atomic mass is 9.75. The number of ether oxygens (including phenoxy) is 8. The number of nitrogens with zero attached hydrogens (tertiary/aromatic N) is 2. The predicted octanol–water partition coefficient (Wildman–Crippen LogP) is 12.3. The predicted molar refractivity (Wildman–Crippen MR) is 260 cm³/mol. The molecule has 0 amide bonds. The molecular weight excluding hydrogens is 1030 g/mol. The van der Waals surface area contributed by atoms with Crippen molar-refractivity contribution in [2.75, 3.05) is 32.2 Å². The van der Waals surface area contributed by atoms with Gasteiger partial charge in [-0.3, -0.25) is 4.98 Å². The molecule has 0 aromatic carbocycles. The highest BCUT2D eigenvalue weighted by molar-refractivity contribution is 5.85. The van der Waals surface area contributed by atoms with E-state index in [0.29, 0.717) is 12.8 Å². The van der Waals surface area contributed by atoms with Gasteiger partial charge in [0.15, 0.2) is 5.60 Å². The SMILES string of the molecule is C1CCOC1.C=C(F)C(=O)OC1CC2CC1CC2C(C)(O)C(F)(F)F.C=C(F)C(=O)OC1CC2CC1CC2C(C)(OC(=O)OC(C)(C)C)C(F)(F)F.CC(C)(C)OC(=O)OC(=O)OC(C)(C)C.CN(C)c1ccncc1. The number of aromatic nitrogens is 1. The third-order valence-electron chi connectivity index (χ3n) is 12.7. The van der Waals surface area contributed by atoms with Gasteiger partial charge in [-0.05, 0) is 169 Å². The molecule has 1 aromatic heterocycles. The minimum absolute atomic E-state index is 0.0418. The van der Waals surface area contributed by atoms with Gasteiger partial charge in [0.25, 0.3) is 0 Å². The second-order valence-electron chi connectivity index (χ2n) is 22.6. The second kappa shape index (κ2) is 26.9. The topological polar surface area (TPSA) is 196 Å². The molecule has 76 heavy (non-hydrogen) atoms. The molecule has 5 aliphatic rings. The maximum Gasteiger partial charge on any atom is 0.519 e. The van der Waals surface area contributed by atoms with Gasteiger partial charge in [0.2, 0.25) is 17.3 Å². The monoisotopic (exact) mass is 1100 g/mol. The summed E-state index contributed by atoms with van der Waals surface area (Å²) < 4.78 is 144. The third-order valence-corrected chi connectivity index (χ3v) is 12.7. The normalized spacial score (nSPS) is 25.0. The largest absolute Gasteiger partial charge is 0.519 e. The van der Waals surface area contributed by atoms with Crippen molar-refractivity contribution >= 4 is 36.1 Å². The number of hydrogen-bond acceptors (Lipinski definition) is 16. The number of hydrogen-bond donors (Lipinski definition) is 1. The molecule has 24 heteroatoms. The van der Waals surface area contributed by atoms with E-state index in [9.17, 15) is 64.2 Å². The summed E-state index contributed by atoms with van der Waals surface area (Å²) in [4.78, 5) is 62.3. The van der Waals surface area contributed by atoms with Gasteiger partial charge in [-0.15, -0.1) is 0 Å². The Morgan fingerprint density at radius 3 is 1.24 bits per heavy atom. The average Bonchev–Trinajstić information content (AvgIpc) is 4.11. The van der Waals surface area contributed by atoms with Crippen LogP contribution < -0.4 is 4.90 Å². The highest BCUT2D eigenvalue weighted by Crippen LogP contribution is 2.58. The molecule has 1 N–H and O–H groups in total. The number of aliphatic hydroxyl groups is 1. The maximum absolute atomic E-state index is 13.8. The number of fused-ring (bicyclic) bond motifs is 4. The van der Waals surface area contributed by atoms with E-state index in [0.717, 1.165) is 27.1 Å². The van der Waals surface area contributed by atoms with Crippen LogP contribution >= 0.6 is 0 Å². The lowest BCUT2D eigenvalue weighted by Gasteiger charge is -2.41. The summed E-state index contributed by atoms with van der Waals surface area (Å²) in [7, 11) is 4.02. The fourth-order valence-corrected chi connectivity index (χ4v) is 9.26. The van der Waals surface area contributed by atoms with Crippen LogP contribution in [0.5, 0.6) is 0 Å². The van der Waals surface area contributed by atoms with Gasteiger partial charge in [0.1, 0.15) is 29.0 Å². The van der Waals surface area contributed by atoms with E-state index in [4.69, 9.17) is 33.2 Å². The van der Waals surface area contributed by atoms with E-state index in [1.54, 1.807) is 53.9 Å². The van der Waals surface area contributed by atoms with Gasteiger partial charge < -0.3 is 47.9 Å². The molecule has 0 radical (unpaired) electrons. The van der Waals surface area contributed by atoms with Crippen LogP contribution in [0.2, 0.25) is 0 Å². The van der Waals surface area contributed by atoms with E-state index < -0.39 is 112 Å². The smallest absolute Gasteiger partial charge is 0.457 e. The maximum atomic E-state index is 13.8. The molecule has 10 atom stereocenters. The van der Waals surface area contributed by atoms with Gasteiger partial charge in [-0.2, -0.15) is 35.1 Å². The molecule has 4 bridgehead atoms. The Labute approximate surface area is 439 Å². The average molecular weight is 1110 g/mol. The molecule has 10 unspecified atom stereocenters. The lowest BCUT2D eigenvalue weighted by molar-refractivity contribution is -0.283. The quantitative estimate of drug-likeness (QED) is 0.0848. The highest BCUT2D eigenvalue weighted by Gasteiger charge is 2.66. The van der Waals surface area contributed by atoms with E-state index in [-0.39, 0.29) is 43.4 Å². The van der Waals surface area contributed by atoms with Gasteiger partial charge in [0, 0.05) is 51.3 Å². The molecule has 0 spiro atoms. The summed E-state index contributed by atoms with van der Waals surface area (Å²) in [6.07, 6.45) is -6.75. The van der Waals surface area contributed by atoms with Crippen molar-refractivity contribution in [2.45, 2.75) is 180 Å². The Morgan fingerprint density at radius 1 is 0.579 bits per heavy atom. The summed E-state index contributed by atoms with van der Waals surface area (Å²) in [5, 5.41) is 9.72. The van der Waals surface area contributed by atoms with E-state index in [1.807, 2.05) is 31.1 Å². The molecule has 434 valence electrons. The molecule has 16 nitrogen and oxygen atoms in total. The third kappa shape index (κ3) is 21.3. The second-order valence-corrected chi connectivity index (χ2v) is 22.6. The zero-order valence-electron chi connectivity index (χ0n) is 45.6. The zero-order chi connectivity index (χ0) is 58.6. The number of anilines is 1. The fourth-order valence-electron chi connectivity index (χ4n) is 9.26. The van der Waals surface area contributed by atoms with Crippen LogP contribution in [0.3, 0.4) is 0 Å². The number of esters is 2.